The summed E-state index contributed by atoms with van der Waals surface area (Å²) in [7, 11) is -4.06. The molecule has 11 nitrogen and oxygen atoms in total. The molecule has 2 aromatic rings. The second-order valence-corrected chi connectivity index (χ2v) is 14.3. The van der Waals surface area contributed by atoms with E-state index in [1.165, 1.54) is 25.1 Å². The van der Waals surface area contributed by atoms with E-state index in [4.69, 9.17) is 25.7 Å². The van der Waals surface area contributed by atoms with E-state index in [1.54, 1.807) is 19.9 Å². The van der Waals surface area contributed by atoms with Gasteiger partial charge >= 0.3 is 6.09 Å². The van der Waals surface area contributed by atoms with Gasteiger partial charge in [-0.15, -0.1) is 0 Å². The fraction of sp³-hybridized carbons (Fsp3) is 0.533. The molecule has 2 saturated heterocycles. The minimum atomic E-state index is -4.06. The van der Waals surface area contributed by atoms with Crippen molar-refractivity contribution in [3.63, 3.8) is 0 Å². The van der Waals surface area contributed by atoms with Crippen molar-refractivity contribution in [2.75, 3.05) is 18.9 Å². The Hall–Kier alpha value is -3.21. The van der Waals surface area contributed by atoms with E-state index in [9.17, 15) is 23.6 Å². The molecule has 2 aliphatic heterocycles. The van der Waals surface area contributed by atoms with Crippen LogP contribution in [0.15, 0.2) is 59.5 Å². The van der Waals surface area contributed by atoms with Crippen molar-refractivity contribution in [3.05, 3.63) is 60.2 Å². The molecule has 2 aromatic carbocycles. The Morgan fingerprint density at radius 1 is 1.19 bits per heavy atom. The van der Waals surface area contributed by atoms with Gasteiger partial charge in [-0.05, 0) is 48.9 Å². The summed E-state index contributed by atoms with van der Waals surface area (Å²) < 4.78 is 44.3. The van der Waals surface area contributed by atoms with Gasteiger partial charge in [-0.1, -0.05) is 50.2 Å². The van der Waals surface area contributed by atoms with Gasteiger partial charge in [0.15, 0.2) is 16.1 Å². The second kappa shape index (κ2) is 12.2. The topological polar surface area (TPSA) is 187 Å². The van der Waals surface area contributed by atoms with Gasteiger partial charge < -0.3 is 36.1 Å². The lowest BCUT2D eigenvalue weighted by atomic mass is 9.71. The largest absolute Gasteiger partial charge is 0.443 e. The second-order valence-electron chi connectivity index (χ2n) is 12.1. The molecule has 1 amide bonds. The van der Waals surface area contributed by atoms with Gasteiger partial charge in [-0.2, -0.15) is 5.26 Å². The van der Waals surface area contributed by atoms with Crippen LogP contribution < -0.4 is 16.8 Å². The summed E-state index contributed by atoms with van der Waals surface area (Å²) >= 11 is 0. The zero-order chi connectivity index (χ0) is 30.8. The van der Waals surface area contributed by atoms with Gasteiger partial charge in [-0.3, -0.25) is 0 Å². The van der Waals surface area contributed by atoms with Crippen molar-refractivity contribution < 1.29 is 32.5 Å². The number of rotatable bonds is 11. The number of alkyl carbamates (subject to hydrolysis) is 1. The standard InChI is InChI=1S/C30H40N4O7S/c1-28(2,25(12-14-31)42(37,38)22-11-7-10-21(32)16-22)19-29(3,36)30(33,17-20-8-5-4-6-9-20)34-27(35)41-24-18-40-26-23(24)13-15-39-26/h4-11,16,23-26,36H,12-13,15,17-19,32-33H2,1-3H3,(H,34,35)/t23-,24-,25?,26+,29+,30-/m0/s1. The summed E-state index contributed by atoms with van der Waals surface area (Å²) in [6, 6.07) is 16.9. The van der Waals surface area contributed by atoms with Crippen molar-refractivity contribution in [2.45, 2.75) is 80.3 Å². The number of amides is 1. The quantitative estimate of drug-likeness (QED) is 0.221. The third-order valence-corrected chi connectivity index (χ3v) is 10.8. The number of sulfone groups is 1. The first-order valence-electron chi connectivity index (χ1n) is 13.9. The Balaban J connectivity index is 1.62. The van der Waals surface area contributed by atoms with E-state index < -0.39 is 50.3 Å². The van der Waals surface area contributed by atoms with Crippen molar-refractivity contribution in [3.8, 4) is 6.07 Å². The molecule has 2 heterocycles. The maximum Gasteiger partial charge on any atom is 0.409 e. The summed E-state index contributed by atoms with van der Waals surface area (Å²) in [5.41, 5.74) is 8.84. The molecule has 2 aliphatic rings. The predicted octanol–water partition coefficient (Wildman–Crippen LogP) is 2.88. The highest BCUT2D eigenvalue weighted by Gasteiger charge is 2.53. The molecule has 0 aromatic heterocycles. The molecule has 0 saturated carbocycles. The number of anilines is 1. The van der Waals surface area contributed by atoms with Crippen LogP contribution in [0.1, 0.15) is 45.6 Å². The van der Waals surface area contributed by atoms with Crippen LogP contribution in [-0.4, -0.2) is 61.7 Å². The molecule has 0 aliphatic carbocycles. The lowest BCUT2D eigenvalue weighted by Crippen LogP contribution is -2.71. The van der Waals surface area contributed by atoms with Crippen LogP contribution in [0.4, 0.5) is 10.5 Å². The number of hydrogen-bond donors (Lipinski definition) is 4. The lowest BCUT2D eigenvalue weighted by Gasteiger charge is -2.47. The van der Waals surface area contributed by atoms with Gasteiger partial charge in [0.2, 0.25) is 0 Å². The number of nitriles is 1. The number of aliphatic hydroxyl groups is 1. The number of nitrogen functional groups attached to an aromatic ring is 1. The van der Waals surface area contributed by atoms with Gasteiger partial charge in [0.05, 0.1) is 47.4 Å². The molecule has 12 heteroatoms. The fourth-order valence-corrected chi connectivity index (χ4v) is 8.20. The summed E-state index contributed by atoms with van der Waals surface area (Å²) in [6.07, 6.45) is -1.63. The van der Waals surface area contributed by atoms with Crippen LogP contribution in [-0.2, 0) is 30.5 Å². The number of nitrogens with zero attached hydrogens (tertiary/aromatic N) is 1. The molecule has 0 spiro atoms. The van der Waals surface area contributed by atoms with Gasteiger partial charge in [-0.25, -0.2) is 13.2 Å². The minimum Gasteiger partial charge on any atom is -0.443 e. The van der Waals surface area contributed by atoms with Gasteiger partial charge in [0, 0.05) is 12.1 Å². The maximum atomic E-state index is 13.8. The van der Waals surface area contributed by atoms with E-state index in [0.29, 0.717) is 13.0 Å². The van der Waals surface area contributed by atoms with Crippen LogP contribution >= 0.6 is 0 Å². The van der Waals surface area contributed by atoms with E-state index in [0.717, 1.165) is 5.56 Å². The third kappa shape index (κ3) is 6.71. The monoisotopic (exact) mass is 600 g/mol. The van der Waals surface area contributed by atoms with E-state index in [1.807, 2.05) is 36.4 Å². The van der Waals surface area contributed by atoms with Crippen LogP contribution in [0, 0.1) is 22.7 Å². The molecule has 6 atom stereocenters. The van der Waals surface area contributed by atoms with Crippen molar-refractivity contribution >= 4 is 21.6 Å². The highest BCUT2D eigenvalue weighted by Crippen LogP contribution is 2.42. The molecule has 6 N–H and O–H groups in total. The highest BCUT2D eigenvalue weighted by atomic mass is 32.2. The van der Waals surface area contributed by atoms with E-state index >= 15 is 0 Å². The average Bonchev–Trinajstić information content (AvgIpc) is 3.52. The summed E-state index contributed by atoms with van der Waals surface area (Å²) in [5.74, 6) is -0.0968. The zero-order valence-electron chi connectivity index (χ0n) is 24.2. The van der Waals surface area contributed by atoms with E-state index in [-0.39, 0.29) is 42.4 Å². The first kappa shape index (κ1) is 31.7. The Labute approximate surface area is 247 Å². The molecule has 4 rings (SSSR count). The molecular weight excluding hydrogens is 560 g/mol. The minimum absolute atomic E-state index is 0.00718. The molecule has 42 heavy (non-hydrogen) atoms. The molecule has 2 fully saturated rings. The molecule has 228 valence electrons. The molecule has 0 radical (unpaired) electrons. The number of carbonyl (C=O) groups is 1. The van der Waals surface area contributed by atoms with Gasteiger partial charge in [0.1, 0.15) is 11.8 Å². The summed E-state index contributed by atoms with van der Waals surface area (Å²) in [4.78, 5) is 13.2. The van der Waals surface area contributed by atoms with E-state index in [2.05, 4.69) is 5.32 Å². The first-order valence-corrected chi connectivity index (χ1v) is 15.5. The summed E-state index contributed by atoms with van der Waals surface area (Å²) in [5, 5.41) is 23.2. The van der Waals surface area contributed by atoms with Gasteiger partial charge in [0.25, 0.3) is 0 Å². The number of benzene rings is 2. The number of fused-ring (bicyclic) bond motifs is 1. The van der Waals surface area contributed by atoms with Crippen molar-refractivity contribution in [1.29, 1.82) is 5.26 Å². The number of hydrogen-bond acceptors (Lipinski definition) is 10. The van der Waals surface area contributed by atoms with Crippen LogP contribution in [0.3, 0.4) is 0 Å². The Morgan fingerprint density at radius 3 is 2.57 bits per heavy atom. The SMILES string of the molecule is CC(C)(C[C@@](C)(O)[C@](N)(Cc1ccccc1)NC(=O)O[C@H]1CO[C@H]2OCC[C@H]21)C(CC#N)S(=O)(=O)c1cccc(N)c1. The number of ether oxygens (including phenoxy) is 3. The first-order chi connectivity index (χ1) is 19.7. The number of carbonyl (C=O) groups excluding carboxylic acids is 1. The average molecular weight is 601 g/mol. The third-order valence-electron chi connectivity index (χ3n) is 8.36. The predicted molar refractivity (Wildman–Crippen MR) is 155 cm³/mol. The number of nitrogens with two attached hydrogens (primary N) is 2. The zero-order valence-corrected chi connectivity index (χ0v) is 25.0. The fourth-order valence-electron chi connectivity index (χ4n) is 6.09. The van der Waals surface area contributed by atoms with Crippen LogP contribution in [0.2, 0.25) is 0 Å². The molecular formula is C30H40N4O7S. The van der Waals surface area contributed by atoms with Crippen molar-refractivity contribution in [2.24, 2.45) is 17.1 Å². The molecule has 1 unspecified atom stereocenters. The van der Waals surface area contributed by atoms with Crippen LogP contribution in [0.5, 0.6) is 0 Å². The Bertz CT molecular complexity index is 1410. The highest BCUT2D eigenvalue weighted by molar-refractivity contribution is 7.92. The summed E-state index contributed by atoms with van der Waals surface area (Å²) in [6.45, 7) is 5.46. The smallest absolute Gasteiger partial charge is 0.409 e. The van der Waals surface area contributed by atoms with Crippen molar-refractivity contribution in [1.82, 2.24) is 5.32 Å². The number of nitrogens with one attached hydrogen (secondary N) is 1. The normalized spacial score (nSPS) is 24.0. The Kier molecular flexibility index (Phi) is 9.20. The molecule has 0 bridgehead atoms. The maximum absolute atomic E-state index is 13.8. The van der Waals surface area contributed by atoms with Crippen LogP contribution in [0.25, 0.3) is 0 Å². The Morgan fingerprint density at radius 2 is 1.90 bits per heavy atom. The lowest BCUT2D eigenvalue weighted by molar-refractivity contribution is -0.0907.